The topological polar surface area (TPSA) is 67.7 Å². The first-order valence-corrected chi connectivity index (χ1v) is 5.55. The lowest BCUT2D eigenvalue weighted by molar-refractivity contribution is 0.635. The molecule has 1 aromatic carbocycles. The van der Waals surface area contributed by atoms with E-state index in [1.807, 2.05) is 48.0 Å². The number of amidine groups is 1. The first kappa shape index (κ1) is 11.4. The van der Waals surface area contributed by atoms with Crippen molar-refractivity contribution in [1.82, 2.24) is 9.55 Å². The molecule has 1 heterocycles. The van der Waals surface area contributed by atoms with Crippen LogP contribution in [0, 0.1) is 12.3 Å². The molecule has 2 rings (SSSR count). The maximum absolute atomic E-state index is 7.71. The minimum atomic E-state index is -0.0934. The maximum atomic E-state index is 7.71. The Morgan fingerprint density at radius 3 is 2.65 bits per heavy atom. The molecule has 0 bridgehead atoms. The summed E-state index contributed by atoms with van der Waals surface area (Å²) in [6, 6.07) is 9.89. The van der Waals surface area contributed by atoms with E-state index >= 15 is 0 Å². The van der Waals surface area contributed by atoms with Gasteiger partial charge in [0.1, 0.15) is 5.82 Å². The minimum Gasteiger partial charge on any atom is -0.387 e. The van der Waals surface area contributed by atoms with Crippen LogP contribution in [0.1, 0.15) is 17.3 Å². The zero-order chi connectivity index (χ0) is 12.3. The van der Waals surface area contributed by atoms with Crippen LogP contribution in [-0.4, -0.2) is 15.4 Å². The van der Waals surface area contributed by atoms with E-state index in [0.717, 1.165) is 11.4 Å². The molecule has 0 aliphatic rings. The van der Waals surface area contributed by atoms with Crippen molar-refractivity contribution in [2.75, 3.05) is 0 Å². The quantitative estimate of drug-likeness (QED) is 0.620. The van der Waals surface area contributed by atoms with Gasteiger partial charge in [0.25, 0.3) is 0 Å². The van der Waals surface area contributed by atoms with Crippen LogP contribution in [0.15, 0.2) is 42.7 Å². The third-order valence-electron chi connectivity index (χ3n) is 2.88. The van der Waals surface area contributed by atoms with E-state index in [-0.39, 0.29) is 11.8 Å². The molecule has 1 atom stereocenters. The molecule has 0 aliphatic heterocycles. The Labute approximate surface area is 101 Å². The molecule has 0 spiro atoms. The first-order valence-electron chi connectivity index (χ1n) is 5.55. The van der Waals surface area contributed by atoms with Crippen molar-refractivity contribution in [1.29, 1.82) is 5.41 Å². The predicted molar refractivity (Wildman–Crippen MR) is 68.1 cm³/mol. The highest BCUT2D eigenvalue weighted by atomic mass is 15.1. The summed E-state index contributed by atoms with van der Waals surface area (Å²) in [6.07, 6.45) is 3.67. The second-order valence-electron chi connectivity index (χ2n) is 4.05. The summed E-state index contributed by atoms with van der Waals surface area (Å²) in [5.41, 5.74) is 6.75. The Bertz CT molecular complexity index is 501. The number of benzene rings is 1. The lowest BCUT2D eigenvalue weighted by Crippen LogP contribution is -2.25. The average molecular weight is 228 g/mol. The molecule has 4 nitrogen and oxygen atoms in total. The van der Waals surface area contributed by atoms with Gasteiger partial charge in [0.05, 0.1) is 11.8 Å². The number of imidazole rings is 1. The van der Waals surface area contributed by atoms with Gasteiger partial charge in [-0.1, -0.05) is 30.3 Å². The summed E-state index contributed by atoms with van der Waals surface area (Å²) in [5.74, 6) is 1.03. The van der Waals surface area contributed by atoms with E-state index in [2.05, 4.69) is 4.98 Å². The second kappa shape index (κ2) is 4.82. The summed E-state index contributed by atoms with van der Waals surface area (Å²) >= 11 is 0. The van der Waals surface area contributed by atoms with Gasteiger partial charge in [-0.05, 0) is 12.5 Å². The predicted octanol–water partition coefficient (Wildman–Crippen LogP) is 1.91. The van der Waals surface area contributed by atoms with Gasteiger partial charge in [0.15, 0.2) is 0 Å². The highest BCUT2D eigenvalue weighted by Gasteiger charge is 2.15. The van der Waals surface area contributed by atoms with Crippen molar-refractivity contribution < 1.29 is 0 Å². The fourth-order valence-corrected chi connectivity index (χ4v) is 1.86. The average Bonchev–Trinajstić information content (AvgIpc) is 2.72. The standard InChI is InChI=1S/C13H16N4/c1-10-16-7-8-17(10)9-12(13(14)15)11-5-3-2-4-6-11/h2-8,12H,9H2,1H3,(H3,14,15). The Balaban J connectivity index is 2.26. The molecular formula is C13H16N4. The summed E-state index contributed by atoms with van der Waals surface area (Å²) in [7, 11) is 0. The molecule has 17 heavy (non-hydrogen) atoms. The van der Waals surface area contributed by atoms with Crippen LogP contribution in [-0.2, 0) is 6.54 Å². The molecule has 88 valence electrons. The molecule has 0 saturated carbocycles. The van der Waals surface area contributed by atoms with Crippen molar-refractivity contribution in [3.8, 4) is 0 Å². The molecule has 1 unspecified atom stereocenters. The number of hydrogen-bond acceptors (Lipinski definition) is 2. The highest BCUT2D eigenvalue weighted by molar-refractivity contribution is 5.84. The molecule has 3 N–H and O–H groups in total. The number of rotatable bonds is 4. The van der Waals surface area contributed by atoms with Crippen molar-refractivity contribution >= 4 is 5.84 Å². The van der Waals surface area contributed by atoms with Gasteiger partial charge < -0.3 is 10.3 Å². The van der Waals surface area contributed by atoms with E-state index < -0.39 is 0 Å². The number of nitrogens with two attached hydrogens (primary N) is 1. The van der Waals surface area contributed by atoms with Crippen LogP contribution in [0.3, 0.4) is 0 Å². The molecule has 0 amide bonds. The summed E-state index contributed by atoms with van der Waals surface area (Å²) in [5, 5.41) is 7.71. The van der Waals surface area contributed by atoms with Gasteiger partial charge in [0, 0.05) is 18.9 Å². The van der Waals surface area contributed by atoms with E-state index in [4.69, 9.17) is 11.1 Å². The number of nitrogens with zero attached hydrogens (tertiary/aromatic N) is 2. The van der Waals surface area contributed by atoms with Gasteiger partial charge in [-0.25, -0.2) is 4.98 Å². The third kappa shape index (κ3) is 2.53. The Hall–Kier alpha value is -2.10. The monoisotopic (exact) mass is 228 g/mol. The van der Waals surface area contributed by atoms with Crippen molar-refractivity contribution in [2.45, 2.75) is 19.4 Å². The van der Waals surface area contributed by atoms with Crippen molar-refractivity contribution in [3.63, 3.8) is 0 Å². The van der Waals surface area contributed by atoms with E-state index in [0.29, 0.717) is 6.54 Å². The molecule has 1 aromatic heterocycles. The van der Waals surface area contributed by atoms with Crippen molar-refractivity contribution in [2.24, 2.45) is 5.73 Å². The molecule has 4 heteroatoms. The van der Waals surface area contributed by atoms with Crippen LogP contribution < -0.4 is 5.73 Å². The Morgan fingerprint density at radius 2 is 2.12 bits per heavy atom. The van der Waals surface area contributed by atoms with Gasteiger partial charge in [-0.15, -0.1) is 0 Å². The lowest BCUT2D eigenvalue weighted by atomic mass is 9.98. The molecular weight excluding hydrogens is 212 g/mol. The minimum absolute atomic E-state index is 0.0934. The first-order chi connectivity index (χ1) is 8.18. The lowest BCUT2D eigenvalue weighted by Gasteiger charge is -2.17. The number of nitrogens with one attached hydrogen (secondary N) is 1. The fourth-order valence-electron chi connectivity index (χ4n) is 1.86. The SMILES string of the molecule is Cc1nccn1CC(C(=N)N)c1ccccc1. The van der Waals surface area contributed by atoms with Crippen LogP contribution in [0.5, 0.6) is 0 Å². The summed E-state index contributed by atoms with van der Waals surface area (Å²) < 4.78 is 2.01. The van der Waals surface area contributed by atoms with E-state index in [1.54, 1.807) is 6.20 Å². The summed E-state index contributed by atoms with van der Waals surface area (Å²) in [6.45, 7) is 2.60. The molecule has 0 aliphatic carbocycles. The highest BCUT2D eigenvalue weighted by Crippen LogP contribution is 2.18. The van der Waals surface area contributed by atoms with Gasteiger partial charge >= 0.3 is 0 Å². The maximum Gasteiger partial charge on any atom is 0.105 e. The smallest absolute Gasteiger partial charge is 0.105 e. The normalized spacial score (nSPS) is 12.3. The fraction of sp³-hybridized carbons (Fsp3) is 0.231. The van der Waals surface area contributed by atoms with Crippen LogP contribution >= 0.6 is 0 Å². The molecule has 2 aromatic rings. The van der Waals surface area contributed by atoms with Crippen LogP contribution in [0.2, 0.25) is 0 Å². The van der Waals surface area contributed by atoms with Crippen molar-refractivity contribution in [3.05, 3.63) is 54.1 Å². The van der Waals surface area contributed by atoms with Crippen LogP contribution in [0.25, 0.3) is 0 Å². The Morgan fingerprint density at radius 1 is 1.41 bits per heavy atom. The summed E-state index contributed by atoms with van der Waals surface area (Å²) in [4.78, 5) is 4.17. The largest absolute Gasteiger partial charge is 0.387 e. The van der Waals surface area contributed by atoms with E-state index in [9.17, 15) is 0 Å². The van der Waals surface area contributed by atoms with Gasteiger partial charge in [-0.3, -0.25) is 5.41 Å². The van der Waals surface area contributed by atoms with E-state index in [1.165, 1.54) is 0 Å². The molecule has 0 fully saturated rings. The second-order valence-corrected chi connectivity index (χ2v) is 4.05. The Kier molecular flexibility index (Phi) is 3.23. The number of aryl methyl sites for hydroxylation is 1. The van der Waals surface area contributed by atoms with Gasteiger partial charge in [-0.2, -0.15) is 0 Å². The third-order valence-corrected chi connectivity index (χ3v) is 2.88. The number of hydrogen-bond donors (Lipinski definition) is 2. The molecule has 0 radical (unpaired) electrons. The zero-order valence-electron chi connectivity index (χ0n) is 9.80. The van der Waals surface area contributed by atoms with Crippen LogP contribution in [0.4, 0.5) is 0 Å². The zero-order valence-corrected chi connectivity index (χ0v) is 9.80. The molecule has 0 saturated heterocycles. The van der Waals surface area contributed by atoms with Gasteiger partial charge in [0.2, 0.25) is 0 Å². The number of aromatic nitrogens is 2.